The van der Waals surface area contributed by atoms with Gasteiger partial charge in [0.1, 0.15) is 0 Å². The van der Waals surface area contributed by atoms with Gasteiger partial charge in [-0.2, -0.15) is 0 Å². The number of aliphatic hydroxyl groups excluding tert-OH is 2. The van der Waals surface area contributed by atoms with Crippen molar-refractivity contribution >= 4 is 0 Å². The van der Waals surface area contributed by atoms with Crippen molar-refractivity contribution in [2.45, 2.75) is 26.4 Å². The highest BCUT2D eigenvalue weighted by atomic mass is 16.3. The highest BCUT2D eigenvalue weighted by Crippen LogP contribution is 2.17. The highest BCUT2D eigenvalue weighted by Gasteiger charge is 2.19. The van der Waals surface area contributed by atoms with E-state index in [-0.39, 0.29) is 6.61 Å². The molecule has 1 atom stereocenters. The third-order valence-electron chi connectivity index (χ3n) is 4.32. The Labute approximate surface area is 134 Å². The van der Waals surface area contributed by atoms with Gasteiger partial charge in [-0.15, -0.1) is 0 Å². The van der Waals surface area contributed by atoms with E-state index in [1.165, 1.54) is 5.56 Å². The fraction of sp³-hybridized carbons (Fsp3) is 0.667. The van der Waals surface area contributed by atoms with Gasteiger partial charge < -0.3 is 10.2 Å². The maximum Gasteiger partial charge on any atom is 0.0916 e. The van der Waals surface area contributed by atoms with Crippen LogP contribution < -0.4 is 0 Å². The van der Waals surface area contributed by atoms with Crippen LogP contribution in [-0.4, -0.2) is 65.9 Å². The molecule has 0 spiro atoms. The van der Waals surface area contributed by atoms with Gasteiger partial charge in [0.25, 0.3) is 0 Å². The molecule has 1 aliphatic rings. The quantitative estimate of drug-likeness (QED) is 0.802. The largest absolute Gasteiger partial charge is 0.395 e. The van der Waals surface area contributed by atoms with Crippen LogP contribution in [0.15, 0.2) is 24.3 Å². The van der Waals surface area contributed by atoms with Crippen molar-refractivity contribution in [1.29, 1.82) is 0 Å². The number of nitrogens with zero attached hydrogens (tertiary/aromatic N) is 2. The van der Waals surface area contributed by atoms with E-state index < -0.39 is 6.10 Å². The van der Waals surface area contributed by atoms with Crippen molar-refractivity contribution in [3.05, 3.63) is 35.4 Å². The van der Waals surface area contributed by atoms with E-state index >= 15 is 0 Å². The van der Waals surface area contributed by atoms with Gasteiger partial charge in [-0.05, 0) is 23.5 Å². The van der Waals surface area contributed by atoms with Crippen LogP contribution in [0.5, 0.6) is 0 Å². The summed E-state index contributed by atoms with van der Waals surface area (Å²) in [6.45, 7) is 9.99. The summed E-state index contributed by atoms with van der Waals surface area (Å²) in [6.07, 6.45) is 0.668. The Hall–Kier alpha value is -0.940. The maximum atomic E-state index is 10.4. The molecule has 0 aromatic heterocycles. The normalized spacial score (nSPS) is 18.8. The van der Waals surface area contributed by atoms with Crippen LogP contribution in [0.1, 0.15) is 31.1 Å². The molecule has 2 rings (SSSR count). The van der Waals surface area contributed by atoms with E-state index in [2.05, 4.69) is 47.9 Å². The second-order valence-corrected chi connectivity index (χ2v) is 6.72. The number of hydrogen-bond acceptors (Lipinski definition) is 4. The zero-order valence-electron chi connectivity index (χ0n) is 13.9. The molecule has 124 valence electrons. The lowest BCUT2D eigenvalue weighted by Gasteiger charge is -2.35. The van der Waals surface area contributed by atoms with Crippen LogP contribution in [0, 0.1) is 5.92 Å². The van der Waals surface area contributed by atoms with Crippen LogP contribution in [0.25, 0.3) is 0 Å². The lowest BCUT2D eigenvalue weighted by molar-refractivity contribution is 0.0661. The predicted octanol–water partition coefficient (Wildman–Crippen LogP) is 1.53. The monoisotopic (exact) mass is 306 g/mol. The molecule has 1 aromatic carbocycles. The number of benzene rings is 1. The number of aliphatic hydroxyl groups is 2. The molecular formula is C18H30N2O2. The third kappa shape index (κ3) is 5.36. The van der Waals surface area contributed by atoms with Gasteiger partial charge in [0, 0.05) is 39.3 Å². The summed E-state index contributed by atoms with van der Waals surface area (Å²) in [4.78, 5) is 4.57. The molecule has 1 aliphatic heterocycles. The Kier molecular flexibility index (Phi) is 6.83. The standard InChI is InChI=1S/C18H30N2O2/c1-15(2)13-16-3-5-17(6-4-16)18(22)14-20-9-7-19(8-10-20)11-12-21/h3-6,15,18,21-22H,7-14H2,1-2H3. The number of hydrogen-bond donors (Lipinski definition) is 2. The molecule has 2 N–H and O–H groups in total. The minimum atomic E-state index is -0.419. The number of β-amino-alcohol motifs (C(OH)–C–C–N with tert-alkyl or cyclic N) is 2. The molecule has 0 aliphatic carbocycles. The Balaban J connectivity index is 1.81. The molecule has 1 unspecified atom stereocenters. The first-order chi connectivity index (χ1) is 10.6. The molecule has 1 aromatic rings. The Morgan fingerprint density at radius 1 is 1.00 bits per heavy atom. The SMILES string of the molecule is CC(C)Cc1ccc(C(O)CN2CCN(CCO)CC2)cc1. The minimum absolute atomic E-state index is 0.228. The van der Waals surface area contributed by atoms with Crippen molar-refractivity contribution in [1.82, 2.24) is 9.80 Å². The fourth-order valence-electron chi connectivity index (χ4n) is 3.03. The van der Waals surface area contributed by atoms with Crippen molar-refractivity contribution in [2.75, 3.05) is 45.9 Å². The lowest BCUT2D eigenvalue weighted by Crippen LogP contribution is -2.48. The molecule has 0 radical (unpaired) electrons. The van der Waals surface area contributed by atoms with Gasteiger partial charge in [0.2, 0.25) is 0 Å². The first-order valence-corrected chi connectivity index (χ1v) is 8.41. The van der Waals surface area contributed by atoms with Gasteiger partial charge in [0.05, 0.1) is 12.7 Å². The first-order valence-electron chi connectivity index (χ1n) is 8.41. The van der Waals surface area contributed by atoms with E-state index in [0.717, 1.165) is 44.7 Å². The van der Waals surface area contributed by atoms with E-state index in [4.69, 9.17) is 5.11 Å². The van der Waals surface area contributed by atoms with Crippen molar-refractivity contribution < 1.29 is 10.2 Å². The van der Waals surface area contributed by atoms with Gasteiger partial charge in [-0.25, -0.2) is 0 Å². The van der Waals surface area contributed by atoms with E-state index in [1.807, 2.05) is 0 Å². The molecule has 0 amide bonds. The van der Waals surface area contributed by atoms with Gasteiger partial charge >= 0.3 is 0 Å². The van der Waals surface area contributed by atoms with Crippen LogP contribution in [-0.2, 0) is 6.42 Å². The van der Waals surface area contributed by atoms with Crippen LogP contribution in [0.3, 0.4) is 0 Å². The molecule has 0 saturated carbocycles. The Morgan fingerprint density at radius 2 is 1.59 bits per heavy atom. The summed E-state index contributed by atoms with van der Waals surface area (Å²) < 4.78 is 0. The minimum Gasteiger partial charge on any atom is -0.395 e. The lowest BCUT2D eigenvalue weighted by atomic mass is 10.00. The Bertz CT molecular complexity index is 425. The van der Waals surface area contributed by atoms with E-state index in [9.17, 15) is 5.11 Å². The van der Waals surface area contributed by atoms with Crippen molar-refractivity contribution in [2.24, 2.45) is 5.92 Å². The smallest absolute Gasteiger partial charge is 0.0916 e. The summed E-state index contributed by atoms with van der Waals surface area (Å²) in [5, 5.41) is 19.4. The molecular weight excluding hydrogens is 276 g/mol. The van der Waals surface area contributed by atoms with Crippen LogP contribution in [0.4, 0.5) is 0 Å². The maximum absolute atomic E-state index is 10.4. The van der Waals surface area contributed by atoms with E-state index in [1.54, 1.807) is 0 Å². The zero-order chi connectivity index (χ0) is 15.9. The summed E-state index contributed by atoms with van der Waals surface area (Å²) in [7, 11) is 0. The van der Waals surface area contributed by atoms with Crippen LogP contribution >= 0.6 is 0 Å². The first kappa shape index (κ1) is 17.4. The van der Waals surface area contributed by atoms with Gasteiger partial charge in [0.15, 0.2) is 0 Å². The molecule has 1 fully saturated rings. The zero-order valence-corrected chi connectivity index (χ0v) is 13.9. The van der Waals surface area contributed by atoms with Crippen LogP contribution in [0.2, 0.25) is 0 Å². The second-order valence-electron chi connectivity index (χ2n) is 6.72. The molecule has 1 saturated heterocycles. The summed E-state index contributed by atoms with van der Waals surface area (Å²) in [5.74, 6) is 0.658. The molecule has 22 heavy (non-hydrogen) atoms. The summed E-state index contributed by atoms with van der Waals surface area (Å²) in [6, 6.07) is 8.39. The number of rotatable bonds is 7. The average molecular weight is 306 g/mol. The molecule has 4 nitrogen and oxygen atoms in total. The topological polar surface area (TPSA) is 46.9 Å². The average Bonchev–Trinajstić information content (AvgIpc) is 2.49. The summed E-state index contributed by atoms with van der Waals surface area (Å²) in [5.41, 5.74) is 2.34. The Morgan fingerprint density at radius 3 is 2.14 bits per heavy atom. The van der Waals surface area contributed by atoms with Crippen molar-refractivity contribution in [3.8, 4) is 0 Å². The predicted molar refractivity (Wildman–Crippen MR) is 89.9 cm³/mol. The number of piperazine rings is 1. The molecule has 4 heteroatoms. The van der Waals surface area contributed by atoms with E-state index in [0.29, 0.717) is 12.5 Å². The van der Waals surface area contributed by atoms with Gasteiger partial charge in [-0.3, -0.25) is 9.80 Å². The molecule has 1 heterocycles. The second kappa shape index (κ2) is 8.63. The fourth-order valence-corrected chi connectivity index (χ4v) is 3.03. The van der Waals surface area contributed by atoms with Crippen molar-refractivity contribution in [3.63, 3.8) is 0 Å². The molecule has 0 bridgehead atoms. The summed E-state index contributed by atoms with van der Waals surface area (Å²) >= 11 is 0. The van der Waals surface area contributed by atoms with Gasteiger partial charge in [-0.1, -0.05) is 38.1 Å². The third-order valence-corrected chi connectivity index (χ3v) is 4.32. The highest BCUT2D eigenvalue weighted by molar-refractivity contribution is 5.24.